The molecule has 3 N–H and O–H groups in total. The van der Waals surface area contributed by atoms with E-state index in [4.69, 9.17) is 9.56 Å². The van der Waals surface area contributed by atoms with Crippen molar-refractivity contribution in [1.82, 2.24) is 5.32 Å². The molecule has 0 saturated heterocycles. The lowest BCUT2D eigenvalue weighted by Gasteiger charge is -2.04. The number of hydrogen-bond donors (Lipinski definition) is 2. The van der Waals surface area contributed by atoms with Crippen LogP contribution in [-0.2, 0) is 23.0 Å². The summed E-state index contributed by atoms with van der Waals surface area (Å²) in [7, 11) is -3.60. The van der Waals surface area contributed by atoms with Crippen molar-refractivity contribution in [2.45, 2.75) is 17.9 Å². The molecule has 2 rings (SSSR count). The number of nitrogens with one attached hydrogen (secondary N) is 1. The molecule has 0 spiro atoms. The third kappa shape index (κ3) is 4.20. The third-order valence-electron chi connectivity index (χ3n) is 2.75. The van der Waals surface area contributed by atoms with E-state index in [0.717, 1.165) is 30.6 Å². The summed E-state index contributed by atoms with van der Waals surface area (Å²) in [4.78, 5) is 0.141. The highest BCUT2D eigenvalue weighted by atomic mass is 32.2. The van der Waals surface area contributed by atoms with Gasteiger partial charge in [-0.15, -0.1) is 0 Å². The van der Waals surface area contributed by atoms with Crippen molar-refractivity contribution in [3.63, 3.8) is 0 Å². The Balaban J connectivity index is 1.80. The topological polar surface area (TPSA) is 85.3 Å². The standard InChI is InChI=1S/C13H16N2O3S/c14-19(16,17)13-3-1-11(2-4-13)5-7-15-9-12-6-8-18-10-12/h1-4,6,8,10,15H,5,7,9H2,(H2,14,16,17). The van der Waals surface area contributed by atoms with Crippen LogP contribution in [0.3, 0.4) is 0 Å². The highest BCUT2D eigenvalue weighted by molar-refractivity contribution is 7.89. The molecule has 0 unspecified atom stereocenters. The van der Waals surface area contributed by atoms with Gasteiger partial charge in [0.1, 0.15) is 0 Å². The molecule has 19 heavy (non-hydrogen) atoms. The molecule has 0 amide bonds. The van der Waals surface area contributed by atoms with Gasteiger partial charge in [-0.2, -0.15) is 0 Å². The van der Waals surface area contributed by atoms with Gasteiger partial charge in [0, 0.05) is 12.1 Å². The monoisotopic (exact) mass is 280 g/mol. The van der Waals surface area contributed by atoms with Gasteiger partial charge in [0.05, 0.1) is 17.4 Å². The van der Waals surface area contributed by atoms with E-state index in [0.29, 0.717) is 0 Å². The van der Waals surface area contributed by atoms with Crippen LogP contribution in [0.5, 0.6) is 0 Å². The lowest BCUT2D eigenvalue weighted by molar-refractivity contribution is 0.560. The van der Waals surface area contributed by atoms with Crippen molar-refractivity contribution in [3.05, 3.63) is 54.0 Å². The normalized spacial score (nSPS) is 11.6. The van der Waals surface area contributed by atoms with Crippen molar-refractivity contribution in [3.8, 4) is 0 Å². The van der Waals surface area contributed by atoms with Gasteiger partial charge in [-0.1, -0.05) is 12.1 Å². The van der Waals surface area contributed by atoms with Crippen LogP contribution in [0.2, 0.25) is 0 Å². The largest absolute Gasteiger partial charge is 0.472 e. The Kier molecular flexibility index (Phi) is 4.36. The highest BCUT2D eigenvalue weighted by Gasteiger charge is 2.06. The first kappa shape index (κ1) is 13.8. The minimum absolute atomic E-state index is 0.141. The van der Waals surface area contributed by atoms with Gasteiger partial charge >= 0.3 is 0 Å². The quantitative estimate of drug-likeness (QED) is 0.780. The van der Waals surface area contributed by atoms with Crippen LogP contribution in [-0.4, -0.2) is 15.0 Å². The van der Waals surface area contributed by atoms with Crippen LogP contribution in [0.15, 0.2) is 52.2 Å². The summed E-state index contributed by atoms with van der Waals surface area (Å²) in [6.07, 6.45) is 4.17. The Hall–Kier alpha value is -1.63. The van der Waals surface area contributed by atoms with E-state index in [1.54, 1.807) is 24.7 Å². The predicted molar refractivity (Wildman–Crippen MR) is 71.9 cm³/mol. The zero-order valence-corrected chi connectivity index (χ0v) is 11.2. The molecule has 0 atom stereocenters. The molecule has 0 aliphatic rings. The summed E-state index contributed by atoms with van der Waals surface area (Å²) < 4.78 is 27.2. The van der Waals surface area contributed by atoms with Crippen molar-refractivity contribution in [2.75, 3.05) is 6.54 Å². The molecule has 0 aliphatic heterocycles. The molecule has 102 valence electrons. The van der Waals surface area contributed by atoms with Crippen LogP contribution in [0.25, 0.3) is 0 Å². The number of rotatable bonds is 6. The van der Waals surface area contributed by atoms with Crippen molar-refractivity contribution in [1.29, 1.82) is 0 Å². The molecule has 0 fully saturated rings. The first-order valence-corrected chi connectivity index (χ1v) is 7.44. The molecule has 0 aliphatic carbocycles. The van der Waals surface area contributed by atoms with Crippen molar-refractivity contribution >= 4 is 10.0 Å². The van der Waals surface area contributed by atoms with Gasteiger partial charge < -0.3 is 9.73 Å². The molecule has 0 bridgehead atoms. The van der Waals surface area contributed by atoms with Crippen LogP contribution < -0.4 is 10.5 Å². The van der Waals surface area contributed by atoms with Gasteiger partial charge in [-0.25, -0.2) is 13.6 Å². The minimum atomic E-state index is -3.60. The predicted octanol–water partition coefficient (Wildman–Crippen LogP) is 1.26. The van der Waals surface area contributed by atoms with E-state index in [1.165, 1.54) is 12.1 Å². The van der Waals surface area contributed by atoms with E-state index >= 15 is 0 Å². The van der Waals surface area contributed by atoms with Gasteiger partial charge in [0.25, 0.3) is 0 Å². The second kappa shape index (κ2) is 6.01. The summed E-state index contributed by atoms with van der Waals surface area (Å²) >= 11 is 0. The summed E-state index contributed by atoms with van der Waals surface area (Å²) in [5.74, 6) is 0. The van der Waals surface area contributed by atoms with Gasteiger partial charge in [-0.3, -0.25) is 0 Å². The van der Waals surface area contributed by atoms with E-state index < -0.39 is 10.0 Å². The fourth-order valence-corrected chi connectivity index (χ4v) is 2.22. The molecule has 5 nitrogen and oxygen atoms in total. The Bertz CT molecular complexity index is 604. The average Bonchev–Trinajstić information content (AvgIpc) is 2.87. The average molecular weight is 280 g/mol. The molecule has 2 aromatic rings. The summed E-state index contributed by atoms with van der Waals surface area (Å²) in [5.41, 5.74) is 2.16. The zero-order valence-electron chi connectivity index (χ0n) is 10.4. The fourth-order valence-electron chi connectivity index (χ4n) is 1.70. The van der Waals surface area contributed by atoms with E-state index in [9.17, 15) is 8.42 Å². The highest BCUT2D eigenvalue weighted by Crippen LogP contribution is 2.09. The molecule has 1 aromatic heterocycles. The maximum atomic E-state index is 11.1. The van der Waals surface area contributed by atoms with E-state index in [-0.39, 0.29) is 4.90 Å². The number of furan rings is 1. The van der Waals surface area contributed by atoms with Gasteiger partial charge in [-0.05, 0) is 36.7 Å². The first-order valence-electron chi connectivity index (χ1n) is 5.89. The smallest absolute Gasteiger partial charge is 0.238 e. The third-order valence-corrected chi connectivity index (χ3v) is 3.68. The maximum absolute atomic E-state index is 11.1. The Morgan fingerprint density at radius 1 is 1.11 bits per heavy atom. The number of benzene rings is 1. The maximum Gasteiger partial charge on any atom is 0.238 e. The second-order valence-electron chi connectivity index (χ2n) is 4.25. The number of primary sulfonamides is 1. The van der Waals surface area contributed by atoms with Crippen LogP contribution in [0.1, 0.15) is 11.1 Å². The summed E-state index contributed by atoms with van der Waals surface area (Å²) in [6.45, 7) is 1.56. The molecule has 0 radical (unpaired) electrons. The summed E-state index contributed by atoms with van der Waals surface area (Å²) in [5, 5.41) is 8.31. The Morgan fingerprint density at radius 3 is 2.42 bits per heavy atom. The van der Waals surface area contributed by atoms with Crippen LogP contribution in [0.4, 0.5) is 0 Å². The lowest BCUT2D eigenvalue weighted by atomic mass is 10.1. The van der Waals surface area contributed by atoms with E-state index in [2.05, 4.69) is 5.32 Å². The fraction of sp³-hybridized carbons (Fsp3) is 0.231. The molecular weight excluding hydrogens is 264 g/mol. The number of hydrogen-bond acceptors (Lipinski definition) is 4. The molecular formula is C13H16N2O3S. The summed E-state index contributed by atoms with van der Waals surface area (Å²) in [6, 6.07) is 8.52. The molecule has 1 heterocycles. The van der Waals surface area contributed by atoms with Crippen molar-refractivity contribution < 1.29 is 12.8 Å². The minimum Gasteiger partial charge on any atom is -0.472 e. The Labute approximate surface area is 112 Å². The van der Waals surface area contributed by atoms with Gasteiger partial charge in [0.2, 0.25) is 10.0 Å². The zero-order chi connectivity index (χ0) is 13.7. The molecule has 6 heteroatoms. The van der Waals surface area contributed by atoms with Crippen LogP contribution in [0, 0.1) is 0 Å². The molecule has 0 saturated carbocycles. The number of nitrogens with two attached hydrogens (primary N) is 1. The Morgan fingerprint density at radius 2 is 1.84 bits per heavy atom. The SMILES string of the molecule is NS(=O)(=O)c1ccc(CCNCc2ccoc2)cc1. The lowest BCUT2D eigenvalue weighted by Crippen LogP contribution is -2.16. The second-order valence-corrected chi connectivity index (χ2v) is 5.81. The van der Waals surface area contributed by atoms with Crippen molar-refractivity contribution in [2.24, 2.45) is 5.14 Å². The number of sulfonamides is 1. The first-order chi connectivity index (χ1) is 9.05. The van der Waals surface area contributed by atoms with Gasteiger partial charge in [0.15, 0.2) is 0 Å². The molecule has 1 aromatic carbocycles. The van der Waals surface area contributed by atoms with Crippen LogP contribution >= 0.6 is 0 Å². The van der Waals surface area contributed by atoms with E-state index in [1.807, 2.05) is 6.07 Å².